The standard InChI is InChI=1S/C18H25N5O/c1-14(17-21-19-13-22(17)2)20-18(24)23-11-7-6-10-16(23)12-15-8-4-3-5-9-15/h3-5,8-9,13-14,16H,6-7,10-12H2,1-2H3,(H,20,24)/t14-,16-/m1/s1. The van der Waals surface area contributed by atoms with Crippen LogP contribution >= 0.6 is 0 Å². The predicted molar refractivity (Wildman–Crippen MR) is 92.4 cm³/mol. The zero-order valence-electron chi connectivity index (χ0n) is 14.4. The molecule has 2 heterocycles. The molecule has 0 saturated carbocycles. The Kier molecular flexibility index (Phi) is 5.13. The van der Waals surface area contributed by atoms with Gasteiger partial charge in [-0.1, -0.05) is 30.3 Å². The van der Waals surface area contributed by atoms with Crippen LogP contribution in [0.4, 0.5) is 4.79 Å². The Bertz CT molecular complexity index is 669. The monoisotopic (exact) mass is 327 g/mol. The van der Waals surface area contributed by atoms with Gasteiger partial charge in [-0.15, -0.1) is 10.2 Å². The molecule has 0 aliphatic carbocycles. The zero-order chi connectivity index (χ0) is 16.9. The Balaban J connectivity index is 1.66. The zero-order valence-corrected chi connectivity index (χ0v) is 14.4. The van der Waals surface area contributed by atoms with E-state index in [1.54, 1.807) is 6.33 Å². The minimum absolute atomic E-state index is 0.00821. The number of benzene rings is 1. The number of amides is 2. The number of aryl methyl sites for hydroxylation is 1. The lowest BCUT2D eigenvalue weighted by atomic mass is 9.96. The molecule has 1 N–H and O–H groups in total. The van der Waals surface area contributed by atoms with Gasteiger partial charge in [0.2, 0.25) is 0 Å². The van der Waals surface area contributed by atoms with Crippen LogP contribution in [0.5, 0.6) is 0 Å². The molecule has 2 atom stereocenters. The van der Waals surface area contributed by atoms with Crippen LogP contribution < -0.4 is 5.32 Å². The van der Waals surface area contributed by atoms with Crippen molar-refractivity contribution in [3.05, 3.63) is 48.0 Å². The Morgan fingerprint density at radius 1 is 1.33 bits per heavy atom. The van der Waals surface area contributed by atoms with Gasteiger partial charge in [-0.2, -0.15) is 0 Å². The smallest absolute Gasteiger partial charge is 0.318 e. The molecule has 1 saturated heterocycles. The maximum atomic E-state index is 12.8. The van der Waals surface area contributed by atoms with E-state index in [-0.39, 0.29) is 18.1 Å². The third-order valence-corrected chi connectivity index (χ3v) is 4.68. The molecule has 6 nitrogen and oxygen atoms in total. The summed E-state index contributed by atoms with van der Waals surface area (Å²) in [5.74, 6) is 0.764. The van der Waals surface area contributed by atoms with E-state index in [1.165, 1.54) is 12.0 Å². The molecule has 0 spiro atoms. The highest BCUT2D eigenvalue weighted by Gasteiger charge is 2.28. The van der Waals surface area contributed by atoms with E-state index in [0.29, 0.717) is 0 Å². The largest absolute Gasteiger partial charge is 0.328 e. The highest BCUT2D eigenvalue weighted by atomic mass is 16.2. The van der Waals surface area contributed by atoms with Gasteiger partial charge in [-0.25, -0.2) is 4.79 Å². The van der Waals surface area contributed by atoms with Gasteiger partial charge in [-0.05, 0) is 38.2 Å². The topological polar surface area (TPSA) is 63.1 Å². The minimum Gasteiger partial charge on any atom is -0.328 e. The normalized spacial score (nSPS) is 19.1. The van der Waals surface area contributed by atoms with Crippen LogP contribution in [-0.4, -0.2) is 38.3 Å². The summed E-state index contributed by atoms with van der Waals surface area (Å²) in [5, 5.41) is 11.0. The van der Waals surface area contributed by atoms with Crippen molar-refractivity contribution in [1.29, 1.82) is 0 Å². The minimum atomic E-state index is -0.163. The maximum absolute atomic E-state index is 12.8. The molecule has 128 valence electrons. The first-order valence-corrected chi connectivity index (χ1v) is 8.60. The van der Waals surface area contributed by atoms with E-state index in [2.05, 4.69) is 39.8 Å². The fourth-order valence-electron chi connectivity index (χ4n) is 3.38. The number of nitrogens with zero attached hydrogens (tertiary/aromatic N) is 4. The molecule has 1 aromatic carbocycles. The summed E-state index contributed by atoms with van der Waals surface area (Å²) in [6, 6.07) is 10.5. The van der Waals surface area contributed by atoms with Crippen molar-refractivity contribution in [1.82, 2.24) is 25.0 Å². The molecule has 0 bridgehead atoms. The van der Waals surface area contributed by atoms with Gasteiger partial charge in [0.25, 0.3) is 0 Å². The van der Waals surface area contributed by atoms with E-state index in [1.807, 2.05) is 29.5 Å². The van der Waals surface area contributed by atoms with Crippen molar-refractivity contribution in [2.24, 2.45) is 7.05 Å². The lowest BCUT2D eigenvalue weighted by molar-refractivity contribution is 0.147. The molecule has 0 radical (unpaired) electrons. The lowest BCUT2D eigenvalue weighted by Gasteiger charge is -2.36. The maximum Gasteiger partial charge on any atom is 0.318 e. The highest BCUT2D eigenvalue weighted by Crippen LogP contribution is 2.21. The predicted octanol–water partition coefficient (Wildman–Crippen LogP) is 2.68. The molecule has 1 aliphatic rings. The van der Waals surface area contributed by atoms with Gasteiger partial charge in [-0.3, -0.25) is 0 Å². The Labute approximate surface area is 142 Å². The number of carbonyl (C=O) groups excluding carboxylic acids is 1. The summed E-state index contributed by atoms with van der Waals surface area (Å²) in [4.78, 5) is 14.8. The first kappa shape index (κ1) is 16.5. The van der Waals surface area contributed by atoms with Crippen LogP contribution in [0, 0.1) is 0 Å². The summed E-state index contributed by atoms with van der Waals surface area (Å²) in [6.07, 6.45) is 5.86. The summed E-state index contributed by atoms with van der Waals surface area (Å²) < 4.78 is 1.84. The van der Waals surface area contributed by atoms with Crippen molar-refractivity contribution >= 4 is 6.03 Å². The van der Waals surface area contributed by atoms with Crippen molar-refractivity contribution in [2.75, 3.05) is 6.54 Å². The molecule has 2 amide bonds. The number of carbonyl (C=O) groups is 1. The second-order valence-corrected chi connectivity index (χ2v) is 6.50. The molecular formula is C18H25N5O. The fourth-order valence-corrected chi connectivity index (χ4v) is 3.38. The summed E-state index contributed by atoms with van der Waals surface area (Å²) in [5.41, 5.74) is 1.28. The Hall–Kier alpha value is -2.37. The second-order valence-electron chi connectivity index (χ2n) is 6.50. The lowest BCUT2D eigenvalue weighted by Crippen LogP contribution is -2.50. The van der Waals surface area contributed by atoms with Gasteiger partial charge in [0.15, 0.2) is 5.82 Å². The number of hydrogen-bond acceptors (Lipinski definition) is 3. The molecule has 0 unspecified atom stereocenters. The SMILES string of the molecule is C[C@@H](NC(=O)N1CCCC[C@@H]1Cc1ccccc1)c1nncn1C. The summed E-state index contributed by atoms with van der Waals surface area (Å²) in [7, 11) is 1.89. The number of piperidine rings is 1. The number of urea groups is 1. The average Bonchev–Trinajstić information content (AvgIpc) is 3.02. The number of nitrogens with one attached hydrogen (secondary N) is 1. The van der Waals surface area contributed by atoms with Gasteiger partial charge >= 0.3 is 6.03 Å². The number of hydrogen-bond donors (Lipinski definition) is 1. The molecule has 2 aromatic rings. The molecular weight excluding hydrogens is 302 g/mol. The van der Waals surface area contributed by atoms with Crippen molar-refractivity contribution in [3.63, 3.8) is 0 Å². The van der Waals surface area contributed by atoms with Gasteiger partial charge in [0.1, 0.15) is 6.33 Å². The van der Waals surface area contributed by atoms with E-state index >= 15 is 0 Å². The van der Waals surface area contributed by atoms with E-state index in [9.17, 15) is 4.79 Å². The van der Waals surface area contributed by atoms with E-state index in [4.69, 9.17) is 0 Å². The van der Waals surface area contributed by atoms with Crippen LogP contribution in [0.3, 0.4) is 0 Å². The quantitative estimate of drug-likeness (QED) is 0.939. The number of likely N-dealkylation sites (tertiary alicyclic amines) is 1. The summed E-state index contributed by atoms with van der Waals surface area (Å²) >= 11 is 0. The fraction of sp³-hybridized carbons (Fsp3) is 0.500. The first-order valence-electron chi connectivity index (χ1n) is 8.60. The Morgan fingerprint density at radius 2 is 2.12 bits per heavy atom. The Morgan fingerprint density at radius 3 is 2.83 bits per heavy atom. The number of rotatable bonds is 4. The summed E-state index contributed by atoms with van der Waals surface area (Å²) in [6.45, 7) is 2.76. The van der Waals surface area contributed by atoms with Gasteiger partial charge < -0.3 is 14.8 Å². The van der Waals surface area contributed by atoms with Crippen LogP contribution in [0.1, 0.15) is 43.6 Å². The van der Waals surface area contributed by atoms with Crippen LogP contribution in [-0.2, 0) is 13.5 Å². The molecule has 3 rings (SSSR count). The molecule has 6 heteroatoms. The van der Waals surface area contributed by atoms with Crippen molar-refractivity contribution < 1.29 is 4.79 Å². The van der Waals surface area contributed by atoms with Crippen molar-refractivity contribution in [3.8, 4) is 0 Å². The van der Waals surface area contributed by atoms with Crippen LogP contribution in [0.25, 0.3) is 0 Å². The van der Waals surface area contributed by atoms with Crippen LogP contribution in [0.2, 0.25) is 0 Å². The highest BCUT2D eigenvalue weighted by molar-refractivity contribution is 5.75. The van der Waals surface area contributed by atoms with Gasteiger partial charge in [0, 0.05) is 19.6 Å². The van der Waals surface area contributed by atoms with Gasteiger partial charge in [0.05, 0.1) is 6.04 Å². The van der Waals surface area contributed by atoms with Crippen LogP contribution in [0.15, 0.2) is 36.7 Å². The molecule has 24 heavy (non-hydrogen) atoms. The molecule has 1 aliphatic heterocycles. The van der Waals surface area contributed by atoms with Crippen molar-refractivity contribution in [2.45, 2.75) is 44.7 Å². The first-order chi connectivity index (χ1) is 11.6. The molecule has 1 aromatic heterocycles. The number of aromatic nitrogens is 3. The van der Waals surface area contributed by atoms with E-state index in [0.717, 1.165) is 31.6 Å². The second kappa shape index (κ2) is 7.47. The third kappa shape index (κ3) is 3.75. The van der Waals surface area contributed by atoms with E-state index < -0.39 is 0 Å². The average molecular weight is 327 g/mol. The molecule has 1 fully saturated rings. The third-order valence-electron chi connectivity index (χ3n) is 4.68.